The number of aromatic nitrogens is 2. The highest BCUT2D eigenvalue weighted by atomic mass is 32.2. The number of aryl methyl sites for hydroxylation is 2. The number of esters is 1. The van der Waals surface area contributed by atoms with Crippen LogP contribution in [0.1, 0.15) is 12.1 Å². The van der Waals surface area contributed by atoms with E-state index in [4.69, 9.17) is 4.74 Å². The number of fused-ring (bicyclic) bond motifs is 2. The Morgan fingerprint density at radius 3 is 2.30 bits per heavy atom. The molecule has 1 aliphatic heterocycles. The number of carbonyl (C=O) groups excluding carboxylic acids is 2. The van der Waals surface area contributed by atoms with Gasteiger partial charge in [-0.15, -0.1) is 0 Å². The minimum absolute atomic E-state index is 0.172. The van der Waals surface area contributed by atoms with Crippen LogP contribution in [0.3, 0.4) is 0 Å². The summed E-state index contributed by atoms with van der Waals surface area (Å²) in [7, 11) is 1.74. The quantitative estimate of drug-likeness (QED) is 0.607. The van der Waals surface area contributed by atoms with E-state index in [0.717, 1.165) is 26.9 Å². The number of amides is 1. The summed E-state index contributed by atoms with van der Waals surface area (Å²) < 4.78 is 6.74. The monoisotopic (exact) mass is 422 g/mol. The number of hydrogen-bond acceptors (Lipinski definition) is 6. The first-order chi connectivity index (χ1) is 14.5. The van der Waals surface area contributed by atoms with Gasteiger partial charge in [0.1, 0.15) is 5.82 Å². The van der Waals surface area contributed by atoms with Gasteiger partial charge in [-0.2, -0.15) is 5.10 Å². The molecule has 0 bridgehead atoms. The second-order valence-corrected chi connectivity index (χ2v) is 8.03. The van der Waals surface area contributed by atoms with Gasteiger partial charge < -0.3 is 15.0 Å². The van der Waals surface area contributed by atoms with Crippen molar-refractivity contribution in [3.63, 3.8) is 0 Å². The average molecular weight is 423 g/mol. The van der Waals surface area contributed by atoms with E-state index in [1.165, 1.54) is 0 Å². The summed E-state index contributed by atoms with van der Waals surface area (Å²) in [5.41, 5.74) is 2.93. The van der Waals surface area contributed by atoms with Crippen molar-refractivity contribution in [2.75, 3.05) is 23.4 Å². The van der Waals surface area contributed by atoms with Crippen LogP contribution in [0.2, 0.25) is 0 Å². The molecule has 4 rings (SSSR count). The molecule has 0 unspecified atom stereocenters. The highest BCUT2D eigenvalue weighted by Gasteiger charge is 2.23. The van der Waals surface area contributed by atoms with Crippen molar-refractivity contribution in [3.8, 4) is 0 Å². The van der Waals surface area contributed by atoms with E-state index in [0.29, 0.717) is 12.4 Å². The normalized spacial score (nSPS) is 12.1. The first-order valence-corrected chi connectivity index (χ1v) is 10.4. The Balaban J connectivity index is 1.35. The molecule has 8 heteroatoms. The van der Waals surface area contributed by atoms with Gasteiger partial charge in [-0.3, -0.25) is 14.3 Å². The molecule has 3 aromatic rings. The third-order valence-electron chi connectivity index (χ3n) is 4.71. The second-order valence-electron chi connectivity index (χ2n) is 6.94. The predicted octanol–water partition coefficient (Wildman–Crippen LogP) is 3.90. The standard InChI is InChI=1S/C22H22N4O3S/c1-15-13-20(25(2)24-15)23-21(27)14-29-22(28)11-12-26-16-7-3-5-9-18(16)30-19-10-6-4-8-17(19)26/h3-10,13H,11-12,14H2,1-2H3,(H,23,27). The van der Waals surface area contributed by atoms with E-state index in [1.54, 1.807) is 29.6 Å². The number of benzene rings is 2. The lowest BCUT2D eigenvalue weighted by Crippen LogP contribution is -2.26. The van der Waals surface area contributed by atoms with Crippen LogP contribution in [-0.2, 0) is 21.4 Å². The summed E-state index contributed by atoms with van der Waals surface area (Å²) in [5.74, 6) is -0.247. The van der Waals surface area contributed by atoms with Gasteiger partial charge in [-0.05, 0) is 31.2 Å². The molecule has 1 aromatic heterocycles. The molecule has 0 atom stereocenters. The lowest BCUT2D eigenvalue weighted by atomic mass is 10.2. The molecule has 0 saturated heterocycles. The first kappa shape index (κ1) is 20.0. The highest BCUT2D eigenvalue weighted by Crippen LogP contribution is 2.47. The lowest BCUT2D eigenvalue weighted by Gasteiger charge is -2.32. The second kappa shape index (κ2) is 8.62. The summed E-state index contributed by atoms with van der Waals surface area (Å²) >= 11 is 1.72. The third kappa shape index (κ3) is 4.33. The Bertz CT molecular complexity index is 1050. The molecule has 2 heterocycles. The van der Waals surface area contributed by atoms with E-state index in [1.807, 2.05) is 43.3 Å². The van der Waals surface area contributed by atoms with Crippen LogP contribution in [0, 0.1) is 6.92 Å². The Labute approximate surface area is 179 Å². The van der Waals surface area contributed by atoms with Crippen molar-refractivity contribution in [1.29, 1.82) is 0 Å². The summed E-state index contributed by atoms with van der Waals surface area (Å²) in [5, 5.41) is 6.85. The van der Waals surface area contributed by atoms with Crippen molar-refractivity contribution in [2.45, 2.75) is 23.1 Å². The minimum Gasteiger partial charge on any atom is -0.456 e. The van der Waals surface area contributed by atoms with E-state index >= 15 is 0 Å². The highest BCUT2D eigenvalue weighted by molar-refractivity contribution is 7.99. The number of carbonyl (C=O) groups is 2. The van der Waals surface area contributed by atoms with Crippen LogP contribution in [0.25, 0.3) is 0 Å². The molecule has 0 fully saturated rings. The molecule has 30 heavy (non-hydrogen) atoms. The fourth-order valence-corrected chi connectivity index (χ4v) is 4.45. The number of ether oxygens (including phenoxy) is 1. The van der Waals surface area contributed by atoms with Crippen LogP contribution in [-0.4, -0.2) is 34.8 Å². The molecule has 1 N–H and O–H groups in total. The summed E-state index contributed by atoms with van der Waals surface area (Å²) in [6.07, 6.45) is 0.172. The summed E-state index contributed by atoms with van der Waals surface area (Å²) in [4.78, 5) is 28.8. The number of hydrogen-bond donors (Lipinski definition) is 1. The SMILES string of the molecule is Cc1cc(NC(=O)COC(=O)CCN2c3ccccc3Sc3ccccc32)n(C)n1. The van der Waals surface area contributed by atoms with E-state index in [9.17, 15) is 9.59 Å². The molecule has 7 nitrogen and oxygen atoms in total. The third-order valence-corrected chi connectivity index (χ3v) is 5.84. The number of nitrogens with zero attached hydrogens (tertiary/aromatic N) is 3. The molecular formula is C22H22N4O3S. The van der Waals surface area contributed by atoms with Gasteiger partial charge in [0.25, 0.3) is 5.91 Å². The summed E-state index contributed by atoms with van der Waals surface area (Å²) in [6, 6.07) is 18.0. The number of anilines is 3. The summed E-state index contributed by atoms with van der Waals surface area (Å²) in [6.45, 7) is 1.98. The molecule has 0 radical (unpaired) electrons. The molecular weight excluding hydrogens is 400 g/mol. The zero-order valence-corrected chi connectivity index (χ0v) is 17.6. The molecule has 0 spiro atoms. The largest absolute Gasteiger partial charge is 0.456 e. The van der Waals surface area contributed by atoms with E-state index in [2.05, 4.69) is 27.4 Å². The molecule has 2 aromatic carbocycles. The van der Waals surface area contributed by atoms with Crippen molar-refractivity contribution in [1.82, 2.24) is 9.78 Å². The topological polar surface area (TPSA) is 76.5 Å². The minimum atomic E-state index is -0.417. The lowest BCUT2D eigenvalue weighted by molar-refractivity contribution is -0.147. The number of rotatable bonds is 6. The fourth-order valence-electron chi connectivity index (χ4n) is 3.35. The van der Waals surface area contributed by atoms with Gasteiger partial charge >= 0.3 is 5.97 Å². The molecule has 154 valence electrons. The Morgan fingerprint density at radius 2 is 1.70 bits per heavy atom. The van der Waals surface area contributed by atoms with Gasteiger partial charge in [0.15, 0.2) is 6.61 Å². The number of para-hydroxylation sites is 2. The van der Waals surface area contributed by atoms with Crippen LogP contribution in [0.4, 0.5) is 17.2 Å². The van der Waals surface area contributed by atoms with Gasteiger partial charge in [-0.25, -0.2) is 0 Å². The van der Waals surface area contributed by atoms with Crippen molar-refractivity contribution < 1.29 is 14.3 Å². The van der Waals surface area contributed by atoms with Gasteiger partial charge in [0.05, 0.1) is 23.5 Å². The number of nitrogens with one attached hydrogen (secondary N) is 1. The maximum atomic E-state index is 12.3. The maximum Gasteiger partial charge on any atom is 0.308 e. The predicted molar refractivity (Wildman–Crippen MR) is 116 cm³/mol. The van der Waals surface area contributed by atoms with Crippen LogP contribution in [0.5, 0.6) is 0 Å². The van der Waals surface area contributed by atoms with E-state index in [-0.39, 0.29) is 13.0 Å². The van der Waals surface area contributed by atoms with Gasteiger partial charge in [0.2, 0.25) is 0 Å². The zero-order chi connectivity index (χ0) is 21.1. The molecule has 0 saturated carbocycles. The Morgan fingerprint density at radius 1 is 1.07 bits per heavy atom. The Hall–Kier alpha value is -3.26. The first-order valence-electron chi connectivity index (χ1n) is 9.61. The Kier molecular flexibility index (Phi) is 5.76. The molecule has 1 aliphatic rings. The van der Waals surface area contributed by atoms with Crippen molar-refractivity contribution >= 4 is 40.8 Å². The molecule has 0 aliphatic carbocycles. The van der Waals surface area contributed by atoms with Crippen molar-refractivity contribution in [3.05, 3.63) is 60.3 Å². The maximum absolute atomic E-state index is 12.3. The van der Waals surface area contributed by atoms with Gasteiger partial charge in [-0.1, -0.05) is 36.0 Å². The van der Waals surface area contributed by atoms with Crippen LogP contribution < -0.4 is 10.2 Å². The fraction of sp³-hybridized carbons (Fsp3) is 0.227. The van der Waals surface area contributed by atoms with E-state index < -0.39 is 11.9 Å². The zero-order valence-electron chi connectivity index (χ0n) is 16.8. The average Bonchev–Trinajstić information content (AvgIpc) is 3.06. The van der Waals surface area contributed by atoms with Crippen molar-refractivity contribution in [2.24, 2.45) is 7.05 Å². The van der Waals surface area contributed by atoms with Crippen LogP contribution in [0.15, 0.2) is 64.4 Å². The van der Waals surface area contributed by atoms with Gasteiger partial charge in [0, 0.05) is 29.4 Å². The molecule has 1 amide bonds. The van der Waals surface area contributed by atoms with Crippen LogP contribution >= 0.6 is 11.8 Å². The smallest absolute Gasteiger partial charge is 0.308 e.